The van der Waals surface area contributed by atoms with Crippen LogP contribution in [0.5, 0.6) is 0 Å². The van der Waals surface area contributed by atoms with E-state index in [4.69, 9.17) is 5.11 Å². The normalized spacial score (nSPS) is 11.1. The average Bonchev–Trinajstić information content (AvgIpc) is 2.70. The molecule has 0 spiro atoms. The first-order valence-corrected chi connectivity index (χ1v) is 6.52. The third-order valence-electron chi connectivity index (χ3n) is 2.94. The molecular weight excluding hydrogens is 230 g/mol. The van der Waals surface area contributed by atoms with Gasteiger partial charge in [0, 0.05) is 19.5 Å². The molecule has 5 nitrogen and oxygen atoms in total. The largest absolute Gasteiger partial charge is 0.481 e. The lowest BCUT2D eigenvalue weighted by atomic mass is 10.2. The van der Waals surface area contributed by atoms with Gasteiger partial charge < -0.3 is 10.0 Å². The number of carbonyl (C=O) groups is 1. The molecule has 102 valence electrons. The SMILES string of the molecule is CCc1cc(CN(C)CCCC(=O)O)n(CC)n1. The highest BCUT2D eigenvalue weighted by Crippen LogP contribution is 2.08. The molecule has 1 aromatic heterocycles. The van der Waals surface area contributed by atoms with E-state index in [9.17, 15) is 4.79 Å². The summed E-state index contributed by atoms with van der Waals surface area (Å²) in [7, 11) is 2.01. The second kappa shape index (κ2) is 7.16. The Morgan fingerprint density at radius 2 is 2.22 bits per heavy atom. The third kappa shape index (κ3) is 4.49. The Morgan fingerprint density at radius 3 is 2.78 bits per heavy atom. The van der Waals surface area contributed by atoms with Gasteiger partial charge in [0.1, 0.15) is 0 Å². The van der Waals surface area contributed by atoms with Crippen molar-refractivity contribution >= 4 is 5.97 Å². The van der Waals surface area contributed by atoms with Crippen LogP contribution in [0.1, 0.15) is 38.1 Å². The number of carboxylic acid groups (broad SMARTS) is 1. The minimum Gasteiger partial charge on any atom is -0.481 e. The minimum atomic E-state index is -0.727. The molecule has 0 aromatic carbocycles. The number of carboxylic acids is 1. The second-order valence-electron chi connectivity index (χ2n) is 4.53. The molecule has 0 fully saturated rings. The molecule has 0 radical (unpaired) electrons. The molecule has 1 N–H and O–H groups in total. The maximum Gasteiger partial charge on any atom is 0.303 e. The van der Waals surface area contributed by atoms with Gasteiger partial charge in [-0.25, -0.2) is 0 Å². The van der Waals surface area contributed by atoms with Gasteiger partial charge in [-0.15, -0.1) is 0 Å². The molecule has 1 aromatic rings. The van der Waals surface area contributed by atoms with E-state index >= 15 is 0 Å². The number of aliphatic carboxylic acids is 1. The first-order valence-electron chi connectivity index (χ1n) is 6.52. The summed E-state index contributed by atoms with van der Waals surface area (Å²) in [6, 6.07) is 2.14. The van der Waals surface area contributed by atoms with Crippen LogP contribution in [0.2, 0.25) is 0 Å². The van der Waals surface area contributed by atoms with E-state index in [1.54, 1.807) is 0 Å². The summed E-state index contributed by atoms with van der Waals surface area (Å²) in [5.74, 6) is -0.727. The van der Waals surface area contributed by atoms with E-state index in [0.717, 1.165) is 31.7 Å². The Kier molecular flexibility index (Phi) is 5.85. The summed E-state index contributed by atoms with van der Waals surface area (Å²) in [5.41, 5.74) is 2.32. The van der Waals surface area contributed by atoms with Crippen molar-refractivity contribution in [3.8, 4) is 0 Å². The number of aryl methyl sites for hydroxylation is 2. The van der Waals surface area contributed by atoms with E-state index < -0.39 is 5.97 Å². The van der Waals surface area contributed by atoms with Gasteiger partial charge >= 0.3 is 5.97 Å². The Balaban J connectivity index is 2.49. The lowest BCUT2D eigenvalue weighted by molar-refractivity contribution is -0.137. The maximum atomic E-state index is 10.4. The van der Waals surface area contributed by atoms with Crippen LogP contribution < -0.4 is 0 Å². The summed E-state index contributed by atoms with van der Waals surface area (Å²) in [6.45, 7) is 6.67. The molecule has 0 atom stereocenters. The van der Waals surface area contributed by atoms with Gasteiger partial charge in [0.25, 0.3) is 0 Å². The highest BCUT2D eigenvalue weighted by molar-refractivity contribution is 5.66. The minimum absolute atomic E-state index is 0.234. The van der Waals surface area contributed by atoms with Crippen molar-refractivity contribution in [1.82, 2.24) is 14.7 Å². The fourth-order valence-electron chi connectivity index (χ4n) is 1.94. The molecule has 0 unspecified atom stereocenters. The zero-order valence-electron chi connectivity index (χ0n) is 11.5. The zero-order valence-corrected chi connectivity index (χ0v) is 11.5. The van der Waals surface area contributed by atoms with Crippen molar-refractivity contribution in [2.45, 2.75) is 46.2 Å². The van der Waals surface area contributed by atoms with Crippen LogP contribution in [0.3, 0.4) is 0 Å². The molecule has 5 heteroatoms. The van der Waals surface area contributed by atoms with Gasteiger partial charge in [-0.1, -0.05) is 6.92 Å². The fourth-order valence-corrected chi connectivity index (χ4v) is 1.94. The van der Waals surface area contributed by atoms with Crippen molar-refractivity contribution in [2.75, 3.05) is 13.6 Å². The van der Waals surface area contributed by atoms with Gasteiger partial charge in [0.15, 0.2) is 0 Å². The maximum absolute atomic E-state index is 10.4. The smallest absolute Gasteiger partial charge is 0.303 e. The fraction of sp³-hybridized carbons (Fsp3) is 0.692. The first kappa shape index (κ1) is 14.7. The van der Waals surface area contributed by atoms with Crippen LogP contribution in [-0.2, 0) is 24.3 Å². The van der Waals surface area contributed by atoms with Gasteiger partial charge in [0.2, 0.25) is 0 Å². The Bertz CT molecular complexity index is 388. The number of aromatic nitrogens is 2. The Hall–Kier alpha value is -1.36. The van der Waals surface area contributed by atoms with E-state index in [0.29, 0.717) is 6.42 Å². The quantitative estimate of drug-likeness (QED) is 0.767. The molecule has 1 rings (SSSR count). The summed E-state index contributed by atoms with van der Waals surface area (Å²) in [6.07, 6.45) is 1.87. The van der Waals surface area contributed by atoms with E-state index in [2.05, 4.69) is 29.9 Å². The van der Waals surface area contributed by atoms with Crippen LogP contribution in [0, 0.1) is 0 Å². The second-order valence-corrected chi connectivity index (χ2v) is 4.53. The molecular formula is C13H23N3O2. The van der Waals surface area contributed by atoms with E-state index in [-0.39, 0.29) is 6.42 Å². The van der Waals surface area contributed by atoms with Crippen molar-refractivity contribution in [3.63, 3.8) is 0 Å². The summed E-state index contributed by atoms with van der Waals surface area (Å²) in [4.78, 5) is 12.6. The Morgan fingerprint density at radius 1 is 1.50 bits per heavy atom. The highest BCUT2D eigenvalue weighted by atomic mass is 16.4. The van der Waals surface area contributed by atoms with Crippen LogP contribution in [-0.4, -0.2) is 39.3 Å². The zero-order chi connectivity index (χ0) is 13.5. The summed E-state index contributed by atoms with van der Waals surface area (Å²) in [5, 5.41) is 13.1. The van der Waals surface area contributed by atoms with Crippen molar-refractivity contribution in [2.24, 2.45) is 0 Å². The number of hydrogen-bond acceptors (Lipinski definition) is 3. The molecule has 0 bridgehead atoms. The van der Waals surface area contributed by atoms with Crippen molar-refractivity contribution in [3.05, 3.63) is 17.5 Å². The molecule has 18 heavy (non-hydrogen) atoms. The van der Waals surface area contributed by atoms with Crippen LogP contribution in [0.4, 0.5) is 0 Å². The number of rotatable bonds is 8. The predicted octanol–water partition coefficient (Wildman–Crippen LogP) is 1.76. The molecule has 0 aliphatic rings. The van der Waals surface area contributed by atoms with Crippen LogP contribution in [0.15, 0.2) is 6.07 Å². The highest BCUT2D eigenvalue weighted by Gasteiger charge is 2.08. The number of nitrogens with zero attached hydrogens (tertiary/aromatic N) is 3. The van der Waals surface area contributed by atoms with Crippen LogP contribution in [0.25, 0.3) is 0 Å². The van der Waals surface area contributed by atoms with Crippen molar-refractivity contribution in [1.29, 1.82) is 0 Å². The van der Waals surface area contributed by atoms with Gasteiger partial charge in [-0.05, 0) is 39.4 Å². The van der Waals surface area contributed by atoms with Gasteiger partial charge in [-0.2, -0.15) is 5.10 Å². The summed E-state index contributed by atoms with van der Waals surface area (Å²) < 4.78 is 2.02. The molecule has 1 heterocycles. The van der Waals surface area contributed by atoms with E-state index in [1.807, 2.05) is 11.7 Å². The monoisotopic (exact) mass is 253 g/mol. The van der Waals surface area contributed by atoms with Crippen LogP contribution >= 0.6 is 0 Å². The molecule has 0 saturated carbocycles. The van der Waals surface area contributed by atoms with Gasteiger partial charge in [-0.3, -0.25) is 9.48 Å². The average molecular weight is 253 g/mol. The molecule has 0 saturated heterocycles. The number of hydrogen-bond donors (Lipinski definition) is 1. The lowest BCUT2D eigenvalue weighted by Crippen LogP contribution is -2.21. The predicted molar refractivity (Wildman–Crippen MR) is 70.5 cm³/mol. The standard InChI is InChI=1S/C13H23N3O2/c1-4-11-9-12(16(5-2)14-11)10-15(3)8-6-7-13(17)18/h9H,4-8,10H2,1-3H3,(H,17,18). The summed E-state index contributed by atoms with van der Waals surface area (Å²) >= 11 is 0. The van der Waals surface area contributed by atoms with E-state index in [1.165, 1.54) is 5.69 Å². The molecule has 0 amide bonds. The van der Waals surface area contributed by atoms with Gasteiger partial charge in [0.05, 0.1) is 11.4 Å². The third-order valence-corrected chi connectivity index (χ3v) is 2.94. The Labute approximate surface area is 108 Å². The van der Waals surface area contributed by atoms with Crippen molar-refractivity contribution < 1.29 is 9.90 Å². The lowest BCUT2D eigenvalue weighted by Gasteiger charge is -2.16. The molecule has 0 aliphatic carbocycles. The molecule has 0 aliphatic heterocycles. The first-order chi connectivity index (χ1) is 8.56. The topological polar surface area (TPSA) is 58.4 Å².